The predicted molar refractivity (Wildman–Crippen MR) is 415 cm³/mol. The fourth-order valence-electron chi connectivity index (χ4n) is 12.4. The second-order valence-corrected chi connectivity index (χ2v) is 40.2. The van der Waals surface area contributed by atoms with Gasteiger partial charge in [-0.05, 0) is 199 Å². The van der Waals surface area contributed by atoms with Crippen molar-refractivity contribution in [3.63, 3.8) is 0 Å². The molecule has 0 bridgehead atoms. The van der Waals surface area contributed by atoms with Crippen LogP contribution in [-0.4, -0.2) is 55.8 Å². The number of nitrogens with one attached hydrogen (secondary N) is 2. The van der Waals surface area contributed by atoms with Gasteiger partial charge < -0.3 is 38.7 Å². The van der Waals surface area contributed by atoms with Crippen molar-refractivity contribution >= 4 is 55.7 Å². The van der Waals surface area contributed by atoms with Gasteiger partial charge in [0, 0.05) is 11.4 Å². The minimum atomic E-state index is -5.26. The van der Waals surface area contributed by atoms with E-state index in [1.165, 1.54) is 36.4 Å². The van der Waals surface area contributed by atoms with Gasteiger partial charge in [-0.2, -0.15) is 19.9 Å². The fourth-order valence-corrected chi connectivity index (χ4v) is 13.8. The molecule has 560 valence electrons. The maximum Gasteiger partial charge on any atom is 1.00 e. The molecule has 2 N–H and O–H groups in total. The molecule has 106 heavy (non-hydrogen) atoms. The van der Waals surface area contributed by atoms with Crippen LogP contribution in [0.3, 0.4) is 0 Å². The molecule has 2 heterocycles. The largest absolute Gasteiger partial charge is 1.00 e. The molecule has 0 spiro atoms. The third-order valence-electron chi connectivity index (χ3n) is 15.8. The van der Waals surface area contributed by atoms with E-state index < -0.39 is 30.0 Å². The van der Waals surface area contributed by atoms with Crippen LogP contribution >= 0.6 is 0 Å². The predicted octanol–water partition coefficient (Wildman–Crippen LogP) is 15.4. The van der Waals surface area contributed by atoms with Crippen LogP contribution in [0, 0.1) is 43.3 Å². The summed E-state index contributed by atoms with van der Waals surface area (Å²) in [4.78, 5) is 26.8. The van der Waals surface area contributed by atoms with Gasteiger partial charge in [0.15, 0.2) is 0 Å². The Hall–Kier alpha value is -6.30. The van der Waals surface area contributed by atoms with E-state index in [1.54, 1.807) is 0 Å². The summed E-state index contributed by atoms with van der Waals surface area (Å²) in [5, 5.41) is 6.12. The molecule has 18 nitrogen and oxygen atoms in total. The second kappa shape index (κ2) is 34.3. The van der Waals surface area contributed by atoms with Gasteiger partial charge in [-0.3, -0.25) is 0 Å². The molecule has 0 aliphatic carbocycles. The SMILES string of the molecule is CC(C)(C)Cc1ccc(Oc2nc(Nc3ccc(/C=C/c4ccc(Nc5nc(Oc6ccc(CC(C)(C)C)cc6CC(C)(C)C)nc(Oc6ccc(CC(C)(C)C)cc6CC(C)(C)C)n5)cc4S(=O)(=O)[O-])c(S(=O)(=O)[O-])c3)nc(Oc3ccc(CC(C)(C)C)cc3CC(C)(C)C)n2)c(CC(C)(C)C)c1.[Na+].[Na+]. The first-order chi connectivity index (χ1) is 47.6. The number of rotatable bonds is 24. The first-order valence-electron chi connectivity index (χ1n) is 35.7. The topological polar surface area (TPSA) is 253 Å². The van der Waals surface area contributed by atoms with E-state index >= 15 is 0 Å². The second-order valence-electron chi connectivity index (χ2n) is 37.5. The van der Waals surface area contributed by atoms with Crippen molar-refractivity contribution in [3.8, 4) is 47.0 Å². The summed E-state index contributed by atoms with van der Waals surface area (Å²) < 4.78 is 106. The Balaban J connectivity index is 0.00000880. The fraction of sp³-hybridized carbons (Fsp3) is 0.476. The standard InChI is InChI=1S/C84H112N8O10S2.2Na/c1-77(2,3)45-53-25-35-65(59(39-53)49-81(13,14)15)99-73-87-71(88-74(91-73)100-66-36-26-54(46-78(4,5)6)40-60(66)50-82(16,17)18)85-63-33-31-57(69(43-63)103(93,94)95)29-30-58-32-34-64(44-70(58)104(96,97)98)86-72-89-75(101-67-37-27-55(47-79(7,8)9)41-61(67)51-83(19,20)21)92-76(90-72)102-68-38-28-56(48-80(10,11)12)42-62(68)52-84(22,23)24;;/h25-44H,45-52H2,1-24H3,(H,93,94,95)(H,96,97,98)(H,85,87,88,91)(H,86,89,90,92);;/q;2*+1/p-2/b30-29+;;. The number of aromatic nitrogens is 6. The van der Waals surface area contributed by atoms with E-state index in [2.05, 4.69) is 221 Å². The van der Waals surface area contributed by atoms with Gasteiger partial charge in [-0.15, -0.1) is 9.97 Å². The first-order valence-corrected chi connectivity index (χ1v) is 38.5. The van der Waals surface area contributed by atoms with Crippen molar-refractivity contribution < 1.29 is 104 Å². The third kappa shape index (κ3) is 29.3. The van der Waals surface area contributed by atoms with Gasteiger partial charge in [0.2, 0.25) is 11.9 Å². The summed E-state index contributed by atoms with van der Waals surface area (Å²) in [6, 6.07) is 31.8. The Labute approximate surface area is 676 Å². The van der Waals surface area contributed by atoms with Crippen LogP contribution in [0.25, 0.3) is 12.2 Å². The van der Waals surface area contributed by atoms with Gasteiger partial charge in [0.05, 0.1) is 9.79 Å². The summed E-state index contributed by atoms with van der Waals surface area (Å²) in [7, 11) is -10.5. The van der Waals surface area contributed by atoms with Gasteiger partial charge in [0.1, 0.15) is 43.2 Å². The van der Waals surface area contributed by atoms with E-state index in [9.17, 15) is 25.9 Å². The Kier molecular flexibility index (Phi) is 28.7. The van der Waals surface area contributed by atoms with Crippen molar-refractivity contribution in [3.05, 3.63) is 165 Å². The van der Waals surface area contributed by atoms with Crippen LogP contribution < -0.4 is 88.7 Å². The van der Waals surface area contributed by atoms with Crippen LogP contribution in [0.15, 0.2) is 119 Å². The number of nitrogens with zero attached hydrogens (tertiary/aromatic N) is 6. The first kappa shape index (κ1) is 88.6. The molecule has 0 atom stereocenters. The minimum absolute atomic E-state index is 0. The third-order valence-corrected chi connectivity index (χ3v) is 17.6. The smallest absolute Gasteiger partial charge is 0.744 e. The van der Waals surface area contributed by atoms with E-state index in [4.69, 9.17) is 28.9 Å². The van der Waals surface area contributed by atoms with Gasteiger partial charge >= 0.3 is 83.2 Å². The molecule has 0 aliphatic heterocycles. The molecule has 0 amide bonds. The van der Waals surface area contributed by atoms with Crippen molar-refractivity contribution in [1.29, 1.82) is 0 Å². The minimum Gasteiger partial charge on any atom is -0.744 e. The molecule has 2 aromatic heterocycles. The summed E-state index contributed by atoms with van der Waals surface area (Å²) in [5.74, 6) is 1.88. The maximum atomic E-state index is 13.3. The Morgan fingerprint density at radius 3 is 0.726 bits per heavy atom. The van der Waals surface area contributed by atoms with Crippen LogP contribution in [0.5, 0.6) is 47.0 Å². The molecule has 6 aromatic carbocycles. The van der Waals surface area contributed by atoms with Gasteiger partial charge in [-0.25, -0.2) is 16.8 Å². The number of anilines is 4. The summed E-state index contributed by atoms with van der Waals surface area (Å²) >= 11 is 0. The van der Waals surface area contributed by atoms with Crippen molar-refractivity contribution in [2.75, 3.05) is 10.6 Å². The molecule has 8 aromatic rings. The molecule has 0 saturated heterocycles. The molecule has 22 heteroatoms. The number of hydrogen-bond donors (Lipinski definition) is 2. The Bertz CT molecular complexity index is 4190. The molecule has 0 unspecified atom stereocenters. The molecule has 0 fully saturated rings. The molecule has 0 radical (unpaired) electrons. The van der Waals surface area contributed by atoms with Crippen LogP contribution in [0.2, 0.25) is 0 Å². The zero-order valence-corrected chi connectivity index (χ0v) is 73.4. The molecular formula is C84H110N8Na2O10S2. The Morgan fingerprint density at radius 2 is 0.528 bits per heavy atom. The summed E-state index contributed by atoms with van der Waals surface area (Å²) in [6.07, 6.45) is 8.47. The van der Waals surface area contributed by atoms with Crippen LogP contribution in [0.4, 0.5) is 23.3 Å². The van der Waals surface area contributed by atoms with E-state index in [0.29, 0.717) is 48.7 Å². The van der Waals surface area contributed by atoms with Crippen molar-refractivity contribution in [1.82, 2.24) is 29.9 Å². The number of benzene rings is 6. The molecule has 0 aliphatic rings. The summed E-state index contributed by atoms with van der Waals surface area (Å²) in [5.41, 5.74) is 7.85. The number of hydrogen-bond acceptors (Lipinski definition) is 18. The average Bonchev–Trinajstić information content (AvgIpc) is 0.828. The summed E-state index contributed by atoms with van der Waals surface area (Å²) in [6.45, 7) is 52.1. The van der Waals surface area contributed by atoms with Gasteiger partial charge in [0.25, 0.3) is 0 Å². The quantitative estimate of drug-likeness (QED) is 0.0324. The zero-order chi connectivity index (χ0) is 77.1. The van der Waals surface area contributed by atoms with Crippen LogP contribution in [0.1, 0.15) is 222 Å². The van der Waals surface area contributed by atoms with E-state index in [1.807, 2.05) is 48.5 Å². The normalized spacial score (nSPS) is 12.9. The average molecular weight is 1500 g/mol. The Morgan fingerprint density at radius 1 is 0.311 bits per heavy atom. The molecule has 8 rings (SSSR count). The van der Waals surface area contributed by atoms with E-state index in [0.717, 1.165) is 82.3 Å². The maximum absolute atomic E-state index is 13.3. The molecular weight excluding hydrogens is 1390 g/mol. The molecule has 0 saturated carbocycles. The van der Waals surface area contributed by atoms with Crippen molar-refractivity contribution in [2.45, 2.75) is 227 Å². The number of ether oxygens (including phenoxy) is 4. The van der Waals surface area contributed by atoms with E-state index in [-0.39, 0.29) is 161 Å². The zero-order valence-electron chi connectivity index (χ0n) is 67.8. The van der Waals surface area contributed by atoms with Crippen LogP contribution in [-0.2, 0) is 71.6 Å². The van der Waals surface area contributed by atoms with Gasteiger partial charge in [-0.1, -0.05) is 239 Å². The van der Waals surface area contributed by atoms with Crippen molar-refractivity contribution in [2.24, 2.45) is 43.3 Å². The monoisotopic (exact) mass is 1500 g/mol.